The lowest BCUT2D eigenvalue weighted by molar-refractivity contribution is -0.275. The summed E-state index contributed by atoms with van der Waals surface area (Å²) in [6.07, 6.45) is -9.68. The van der Waals surface area contributed by atoms with Crippen molar-refractivity contribution in [1.82, 2.24) is 15.0 Å². The largest absolute Gasteiger partial charge is 0.573 e. The number of nitrogens with one attached hydrogen (secondary N) is 1. The molecule has 4 aromatic rings. The molecule has 3 aromatic carbocycles. The summed E-state index contributed by atoms with van der Waals surface area (Å²) < 4.78 is 82.2. The van der Waals surface area contributed by atoms with Gasteiger partial charge in [-0.15, -0.1) is 31.4 Å². The Morgan fingerprint density at radius 3 is 1.92 bits per heavy atom. The number of hydrogen-bond donors (Lipinski definition) is 1. The standard InChI is InChI=1S/C23H14F6N4O4/c24-22(25,26)36-16-6-1-13(2-7-16)14-3-10-19-18(11-14)21(35)33(32-31-19)12-20(34)30-15-4-8-17(9-5-15)37-23(27,28)29/h1-11H,12H2,(H,30,34). The summed E-state index contributed by atoms with van der Waals surface area (Å²) >= 11 is 0. The molecule has 0 saturated heterocycles. The van der Waals surface area contributed by atoms with Gasteiger partial charge in [0.1, 0.15) is 23.6 Å². The first kappa shape index (κ1) is 25.5. The quantitative estimate of drug-likeness (QED) is 0.361. The number of rotatable bonds is 6. The van der Waals surface area contributed by atoms with Gasteiger partial charge in [-0.05, 0) is 59.7 Å². The van der Waals surface area contributed by atoms with Crippen LogP contribution in [0.15, 0.2) is 71.5 Å². The first-order chi connectivity index (χ1) is 17.4. The lowest BCUT2D eigenvalue weighted by Crippen LogP contribution is -2.30. The molecule has 192 valence electrons. The Kier molecular flexibility index (Phi) is 6.74. The van der Waals surface area contributed by atoms with Crippen molar-refractivity contribution in [3.63, 3.8) is 0 Å². The minimum absolute atomic E-state index is 0.101. The highest BCUT2D eigenvalue weighted by Crippen LogP contribution is 2.28. The molecule has 1 aromatic heterocycles. The van der Waals surface area contributed by atoms with Crippen molar-refractivity contribution in [3.05, 3.63) is 77.1 Å². The van der Waals surface area contributed by atoms with Crippen LogP contribution in [0.3, 0.4) is 0 Å². The van der Waals surface area contributed by atoms with Crippen LogP contribution in [0.5, 0.6) is 11.5 Å². The Balaban J connectivity index is 1.50. The number of fused-ring (bicyclic) bond motifs is 1. The number of ether oxygens (including phenoxy) is 2. The third kappa shape index (κ3) is 6.74. The number of hydrogen-bond acceptors (Lipinski definition) is 6. The minimum Gasteiger partial charge on any atom is -0.406 e. The summed E-state index contributed by atoms with van der Waals surface area (Å²) in [6, 6.07) is 14.0. The third-order valence-electron chi connectivity index (χ3n) is 4.81. The van der Waals surface area contributed by atoms with Gasteiger partial charge < -0.3 is 14.8 Å². The van der Waals surface area contributed by atoms with Gasteiger partial charge in [-0.3, -0.25) is 9.59 Å². The molecule has 0 aliphatic rings. The molecule has 14 heteroatoms. The molecule has 37 heavy (non-hydrogen) atoms. The van der Waals surface area contributed by atoms with Crippen LogP contribution < -0.4 is 20.3 Å². The average molecular weight is 524 g/mol. The maximum atomic E-state index is 12.9. The van der Waals surface area contributed by atoms with Crippen molar-refractivity contribution < 1.29 is 40.6 Å². The highest BCUT2D eigenvalue weighted by atomic mass is 19.4. The molecule has 1 N–H and O–H groups in total. The highest BCUT2D eigenvalue weighted by molar-refractivity contribution is 5.91. The zero-order valence-corrected chi connectivity index (χ0v) is 18.3. The van der Waals surface area contributed by atoms with Crippen molar-refractivity contribution in [2.45, 2.75) is 19.3 Å². The molecule has 4 rings (SSSR count). The van der Waals surface area contributed by atoms with Crippen LogP contribution >= 0.6 is 0 Å². The van der Waals surface area contributed by atoms with E-state index in [1.54, 1.807) is 6.07 Å². The Bertz CT molecular complexity index is 1480. The third-order valence-corrected chi connectivity index (χ3v) is 4.81. The molecule has 0 spiro atoms. The van der Waals surface area contributed by atoms with Crippen LogP contribution in [-0.4, -0.2) is 33.6 Å². The molecule has 0 radical (unpaired) electrons. The Labute approximate surface area is 203 Å². The van der Waals surface area contributed by atoms with E-state index in [9.17, 15) is 35.9 Å². The summed E-state index contributed by atoms with van der Waals surface area (Å²) in [5.74, 6) is -1.57. The van der Waals surface area contributed by atoms with Gasteiger partial charge in [0.05, 0.1) is 5.39 Å². The van der Waals surface area contributed by atoms with Gasteiger partial charge in [-0.25, -0.2) is 4.68 Å². The Hall–Kier alpha value is -4.62. The van der Waals surface area contributed by atoms with E-state index in [0.717, 1.165) is 28.9 Å². The van der Waals surface area contributed by atoms with E-state index in [0.29, 0.717) is 11.1 Å². The zero-order valence-electron chi connectivity index (χ0n) is 18.3. The van der Waals surface area contributed by atoms with Crippen molar-refractivity contribution >= 4 is 22.5 Å². The number of benzene rings is 3. The molecule has 1 amide bonds. The fourth-order valence-corrected chi connectivity index (χ4v) is 3.28. The Morgan fingerprint density at radius 1 is 0.811 bits per heavy atom. The summed E-state index contributed by atoms with van der Waals surface area (Å²) in [5, 5.41) is 10.1. The number of carbonyl (C=O) groups excluding carboxylic acids is 1. The average Bonchev–Trinajstić information content (AvgIpc) is 2.81. The van der Waals surface area contributed by atoms with E-state index in [2.05, 4.69) is 25.1 Å². The molecule has 0 bridgehead atoms. The predicted octanol–water partition coefficient (Wildman–Crippen LogP) is 4.89. The van der Waals surface area contributed by atoms with Crippen LogP contribution in [0.4, 0.5) is 32.0 Å². The van der Waals surface area contributed by atoms with E-state index in [-0.39, 0.29) is 16.6 Å². The highest BCUT2D eigenvalue weighted by Gasteiger charge is 2.31. The number of halogens is 6. The number of anilines is 1. The van der Waals surface area contributed by atoms with Crippen LogP contribution in [-0.2, 0) is 11.3 Å². The van der Waals surface area contributed by atoms with Gasteiger partial charge in [0.2, 0.25) is 5.91 Å². The maximum absolute atomic E-state index is 12.9. The van der Waals surface area contributed by atoms with E-state index in [1.165, 1.54) is 36.4 Å². The van der Waals surface area contributed by atoms with E-state index >= 15 is 0 Å². The topological polar surface area (TPSA) is 95.3 Å². The van der Waals surface area contributed by atoms with Gasteiger partial charge in [0.15, 0.2) is 0 Å². The van der Waals surface area contributed by atoms with Gasteiger partial charge in [0, 0.05) is 5.69 Å². The number of alkyl halides is 6. The summed E-state index contributed by atoms with van der Waals surface area (Å²) in [4.78, 5) is 25.3. The molecular formula is C23H14F6N4O4. The predicted molar refractivity (Wildman–Crippen MR) is 118 cm³/mol. The van der Waals surface area contributed by atoms with Crippen LogP contribution in [0, 0.1) is 0 Å². The SMILES string of the molecule is O=C(Cn1nnc2ccc(-c3ccc(OC(F)(F)F)cc3)cc2c1=O)Nc1ccc(OC(F)(F)F)cc1. The lowest BCUT2D eigenvalue weighted by Gasteiger charge is -2.11. The molecule has 0 aliphatic heterocycles. The van der Waals surface area contributed by atoms with E-state index in [1.807, 2.05) is 0 Å². The fraction of sp³-hybridized carbons (Fsp3) is 0.130. The van der Waals surface area contributed by atoms with Crippen molar-refractivity contribution in [1.29, 1.82) is 0 Å². The second-order valence-corrected chi connectivity index (χ2v) is 7.48. The summed E-state index contributed by atoms with van der Waals surface area (Å²) in [6.45, 7) is -0.545. The maximum Gasteiger partial charge on any atom is 0.573 e. The molecule has 0 unspecified atom stereocenters. The second kappa shape index (κ2) is 9.79. The molecule has 8 nitrogen and oxygen atoms in total. The number of nitrogens with zero attached hydrogens (tertiary/aromatic N) is 3. The van der Waals surface area contributed by atoms with Gasteiger partial charge in [0.25, 0.3) is 5.56 Å². The normalized spacial score (nSPS) is 11.8. The summed E-state index contributed by atoms with van der Waals surface area (Å²) in [7, 11) is 0. The first-order valence-electron chi connectivity index (χ1n) is 10.3. The van der Waals surface area contributed by atoms with E-state index in [4.69, 9.17) is 0 Å². The number of aromatic nitrogens is 3. The number of amides is 1. The van der Waals surface area contributed by atoms with Gasteiger partial charge in [-0.2, -0.15) is 0 Å². The zero-order chi connectivity index (χ0) is 26.8. The van der Waals surface area contributed by atoms with E-state index < -0.39 is 42.2 Å². The van der Waals surface area contributed by atoms with Crippen LogP contribution in [0.2, 0.25) is 0 Å². The van der Waals surface area contributed by atoms with Crippen molar-refractivity contribution in [3.8, 4) is 22.6 Å². The molecule has 0 saturated carbocycles. The van der Waals surface area contributed by atoms with Gasteiger partial charge >= 0.3 is 12.7 Å². The molecule has 0 atom stereocenters. The van der Waals surface area contributed by atoms with Gasteiger partial charge in [-0.1, -0.05) is 23.4 Å². The smallest absolute Gasteiger partial charge is 0.406 e. The summed E-state index contributed by atoms with van der Waals surface area (Å²) in [5.41, 5.74) is 0.709. The molecule has 1 heterocycles. The first-order valence-corrected chi connectivity index (χ1v) is 10.3. The molecule has 0 fully saturated rings. The molecular weight excluding hydrogens is 510 g/mol. The lowest BCUT2D eigenvalue weighted by atomic mass is 10.0. The van der Waals surface area contributed by atoms with Crippen molar-refractivity contribution in [2.24, 2.45) is 0 Å². The fourth-order valence-electron chi connectivity index (χ4n) is 3.28. The van der Waals surface area contributed by atoms with Crippen LogP contribution in [0.25, 0.3) is 22.0 Å². The second-order valence-electron chi connectivity index (χ2n) is 7.48. The van der Waals surface area contributed by atoms with Crippen molar-refractivity contribution in [2.75, 3.05) is 5.32 Å². The molecule has 0 aliphatic carbocycles. The monoisotopic (exact) mass is 524 g/mol. The van der Waals surface area contributed by atoms with Crippen LogP contribution in [0.1, 0.15) is 0 Å². The Morgan fingerprint density at radius 2 is 1.35 bits per heavy atom. The minimum atomic E-state index is -4.86. The number of carbonyl (C=O) groups is 1.